The van der Waals surface area contributed by atoms with E-state index in [1.54, 1.807) is 13.0 Å². The fourth-order valence-corrected chi connectivity index (χ4v) is 2.39. The summed E-state index contributed by atoms with van der Waals surface area (Å²) >= 11 is 9.11. The van der Waals surface area contributed by atoms with Crippen molar-refractivity contribution in [2.24, 2.45) is 0 Å². The van der Waals surface area contributed by atoms with Crippen molar-refractivity contribution in [2.75, 3.05) is 5.73 Å². The number of aryl methyl sites for hydroxylation is 1. The number of rotatable bonds is 2. The summed E-state index contributed by atoms with van der Waals surface area (Å²) in [6.07, 6.45) is 0. The molecule has 0 aromatic heterocycles. The highest BCUT2D eigenvalue weighted by atomic mass is 79.9. The third-order valence-electron chi connectivity index (χ3n) is 2.61. The summed E-state index contributed by atoms with van der Waals surface area (Å²) in [6, 6.07) is 7.94. The van der Waals surface area contributed by atoms with Crippen LogP contribution in [0.15, 0.2) is 28.7 Å². The molecule has 0 aliphatic carbocycles. The van der Waals surface area contributed by atoms with Gasteiger partial charge < -0.3 is 10.5 Å². The molecule has 0 atom stereocenters. The van der Waals surface area contributed by atoms with E-state index in [-0.39, 0.29) is 17.2 Å². The highest BCUT2D eigenvalue weighted by Crippen LogP contribution is 2.38. The predicted molar refractivity (Wildman–Crippen MR) is 79.5 cm³/mol. The van der Waals surface area contributed by atoms with Crippen LogP contribution in [0.5, 0.6) is 11.5 Å². The second-order valence-corrected chi connectivity index (χ2v) is 5.41. The average molecular weight is 356 g/mol. The molecule has 0 fully saturated rings. The molecule has 0 bridgehead atoms. The third kappa shape index (κ3) is 2.87. The first kappa shape index (κ1) is 14.6. The van der Waals surface area contributed by atoms with Gasteiger partial charge in [0.2, 0.25) is 0 Å². The number of anilines is 1. The van der Waals surface area contributed by atoms with E-state index in [1.165, 1.54) is 18.2 Å². The molecule has 0 amide bonds. The number of nitriles is 1. The summed E-state index contributed by atoms with van der Waals surface area (Å²) in [5.41, 5.74) is 6.65. The third-order valence-corrected chi connectivity index (χ3v) is 3.49. The minimum atomic E-state index is -0.552. The summed E-state index contributed by atoms with van der Waals surface area (Å²) in [6.45, 7) is 1.60. The molecule has 0 spiro atoms. The smallest absolute Gasteiger partial charge is 0.187 e. The lowest BCUT2D eigenvalue weighted by Crippen LogP contribution is -1.99. The molecule has 2 aromatic carbocycles. The normalized spacial score (nSPS) is 10.2. The van der Waals surface area contributed by atoms with Gasteiger partial charge in [0.05, 0.1) is 17.3 Å². The minimum Gasteiger partial charge on any atom is -0.452 e. The summed E-state index contributed by atoms with van der Waals surface area (Å²) in [5.74, 6) is -0.399. The summed E-state index contributed by atoms with van der Waals surface area (Å²) in [4.78, 5) is 0. The van der Waals surface area contributed by atoms with Gasteiger partial charge >= 0.3 is 0 Å². The van der Waals surface area contributed by atoms with Crippen molar-refractivity contribution in [1.29, 1.82) is 5.26 Å². The average Bonchev–Trinajstić information content (AvgIpc) is 2.40. The maximum Gasteiger partial charge on any atom is 0.187 e. The van der Waals surface area contributed by atoms with Crippen LogP contribution in [-0.4, -0.2) is 0 Å². The molecule has 0 unspecified atom stereocenters. The van der Waals surface area contributed by atoms with E-state index in [0.29, 0.717) is 20.6 Å². The molecule has 2 N–H and O–H groups in total. The number of nitrogens with two attached hydrogens (primary N) is 1. The number of ether oxygens (including phenoxy) is 1. The number of halogens is 3. The van der Waals surface area contributed by atoms with E-state index >= 15 is 0 Å². The molecular weight excluding hydrogens is 347 g/mol. The van der Waals surface area contributed by atoms with Crippen molar-refractivity contribution in [3.05, 3.63) is 50.7 Å². The van der Waals surface area contributed by atoms with Crippen molar-refractivity contribution in [3.8, 4) is 17.6 Å². The lowest BCUT2D eigenvalue weighted by Gasteiger charge is -2.13. The fourth-order valence-electron chi connectivity index (χ4n) is 1.64. The van der Waals surface area contributed by atoms with Crippen molar-refractivity contribution in [3.63, 3.8) is 0 Å². The first-order valence-electron chi connectivity index (χ1n) is 5.55. The molecule has 20 heavy (non-hydrogen) atoms. The van der Waals surface area contributed by atoms with Crippen LogP contribution in [0.2, 0.25) is 5.02 Å². The first-order valence-corrected chi connectivity index (χ1v) is 6.72. The molecular formula is C14H9BrClFN2O. The van der Waals surface area contributed by atoms with E-state index in [4.69, 9.17) is 27.3 Å². The van der Waals surface area contributed by atoms with Crippen LogP contribution in [0.25, 0.3) is 0 Å². The Labute approximate surface area is 128 Å². The van der Waals surface area contributed by atoms with Gasteiger partial charge in [0.25, 0.3) is 0 Å². The maximum absolute atomic E-state index is 14.1. The molecule has 2 aromatic rings. The van der Waals surface area contributed by atoms with E-state index in [0.717, 1.165) is 0 Å². The Hall–Kier alpha value is -1.77. The van der Waals surface area contributed by atoms with Crippen molar-refractivity contribution in [2.45, 2.75) is 6.92 Å². The highest BCUT2D eigenvalue weighted by Gasteiger charge is 2.16. The predicted octanol–water partition coefficient (Wildman–Crippen LogP) is 4.80. The molecule has 0 saturated heterocycles. The molecule has 0 aliphatic rings. The highest BCUT2D eigenvalue weighted by molar-refractivity contribution is 9.10. The molecule has 6 heteroatoms. The summed E-state index contributed by atoms with van der Waals surface area (Å²) in [7, 11) is 0. The first-order chi connectivity index (χ1) is 9.42. The monoisotopic (exact) mass is 354 g/mol. The summed E-state index contributed by atoms with van der Waals surface area (Å²) in [5, 5.41) is 9.20. The molecule has 3 nitrogen and oxygen atoms in total. The van der Waals surface area contributed by atoms with E-state index in [9.17, 15) is 4.39 Å². The van der Waals surface area contributed by atoms with Gasteiger partial charge in [-0.25, -0.2) is 4.39 Å². The Morgan fingerprint density at radius 1 is 1.35 bits per heavy atom. The van der Waals surface area contributed by atoms with Gasteiger partial charge in [-0.3, -0.25) is 0 Å². The largest absolute Gasteiger partial charge is 0.452 e. The van der Waals surface area contributed by atoms with Crippen LogP contribution in [0.4, 0.5) is 10.1 Å². The molecule has 2 rings (SSSR count). The number of benzene rings is 2. The Kier molecular flexibility index (Phi) is 4.17. The fraction of sp³-hybridized carbons (Fsp3) is 0.0714. The Balaban J connectivity index is 2.51. The van der Waals surface area contributed by atoms with Crippen molar-refractivity contribution >= 4 is 33.2 Å². The van der Waals surface area contributed by atoms with Crippen LogP contribution >= 0.6 is 27.5 Å². The van der Waals surface area contributed by atoms with E-state index in [1.807, 2.05) is 6.07 Å². The van der Waals surface area contributed by atoms with Gasteiger partial charge in [0, 0.05) is 9.50 Å². The number of nitrogen functional groups attached to an aromatic ring is 1. The van der Waals surface area contributed by atoms with Crippen molar-refractivity contribution < 1.29 is 9.13 Å². The van der Waals surface area contributed by atoms with Gasteiger partial charge in [-0.2, -0.15) is 5.26 Å². The summed E-state index contributed by atoms with van der Waals surface area (Å²) < 4.78 is 20.1. The second-order valence-electron chi connectivity index (χ2n) is 4.12. The molecule has 0 aliphatic heterocycles. The molecule has 102 valence electrons. The van der Waals surface area contributed by atoms with Crippen LogP contribution in [-0.2, 0) is 0 Å². The zero-order valence-electron chi connectivity index (χ0n) is 10.4. The number of hydrogen-bond acceptors (Lipinski definition) is 3. The van der Waals surface area contributed by atoms with Gasteiger partial charge in [-0.05, 0) is 52.7 Å². The van der Waals surface area contributed by atoms with Gasteiger partial charge in [-0.1, -0.05) is 11.6 Å². The second kappa shape index (κ2) is 5.70. The Morgan fingerprint density at radius 2 is 2.05 bits per heavy atom. The van der Waals surface area contributed by atoms with Gasteiger partial charge in [0.15, 0.2) is 11.6 Å². The van der Waals surface area contributed by atoms with Crippen LogP contribution in [0.1, 0.15) is 11.1 Å². The van der Waals surface area contributed by atoms with Crippen molar-refractivity contribution in [1.82, 2.24) is 0 Å². The van der Waals surface area contributed by atoms with Crippen LogP contribution in [0.3, 0.4) is 0 Å². The van der Waals surface area contributed by atoms with Crippen LogP contribution < -0.4 is 10.5 Å². The van der Waals surface area contributed by atoms with Gasteiger partial charge in [0.1, 0.15) is 5.75 Å². The number of hydrogen-bond donors (Lipinski definition) is 1. The minimum absolute atomic E-state index is 0.0944. The molecule has 0 saturated carbocycles. The van der Waals surface area contributed by atoms with Crippen LogP contribution in [0, 0.1) is 24.1 Å². The molecule has 0 heterocycles. The number of nitrogens with zero attached hydrogens (tertiary/aromatic N) is 1. The van der Waals surface area contributed by atoms with Gasteiger partial charge in [-0.15, -0.1) is 0 Å². The Morgan fingerprint density at radius 3 is 2.70 bits per heavy atom. The quantitative estimate of drug-likeness (QED) is 0.787. The maximum atomic E-state index is 14.1. The zero-order chi connectivity index (χ0) is 14.9. The Bertz CT molecular complexity index is 702. The SMILES string of the molecule is Cc1cc(Br)c(N)c(Oc2cc(Cl)cc(C#N)c2)c1F. The van der Waals surface area contributed by atoms with E-state index in [2.05, 4.69) is 15.9 Å². The molecule has 0 radical (unpaired) electrons. The zero-order valence-corrected chi connectivity index (χ0v) is 12.7. The topological polar surface area (TPSA) is 59.0 Å². The standard InChI is InChI=1S/C14H9BrClFN2O/c1-7-2-11(15)13(19)14(12(7)17)20-10-4-8(6-18)3-9(16)5-10/h2-5H,19H2,1H3. The van der Waals surface area contributed by atoms with E-state index < -0.39 is 5.82 Å². The lowest BCUT2D eigenvalue weighted by molar-refractivity contribution is 0.442. The lowest BCUT2D eigenvalue weighted by atomic mass is 10.2.